The van der Waals surface area contributed by atoms with Crippen molar-refractivity contribution in [2.75, 3.05) is 0 Å². The molecule has 6 nitrogen and oxygen atoms in total. The molecule has 7 heteroatoms. The van der Waals surface area contributed by atoms with Crippen molar-refractivity contribution in [2.45, 2.75) is 67.2 Å². The van der Waals surface area contributed by atoms with Crippen LogP contribution in [0.25, 0.3) is 0 Å². The van der Waals surface area contributed by atoms with Gasteiger partial charge in [0.15, 0.2) is 0 Å². The van der Waals surface area contributed by atoms with Crippen molar-refractivity contribution < 1.29 is 46.5 Å². The van der Waals surface area contributed by atoms with E-state index in [4.69, 9.17) is 0 Å². The van der Waals surface area contributed by atoms with E-state index in [2.05, 4.69) is 0 Å². The van der Waals surface area contributed by atoms with Crippen LogP contribution < -0.4 is 10.2 Å². The second kappa shape index (κ2) is 11.4. The zero-order valence-electron chi connectivity index (χ0n) is 14.6. The first-order valence-corrected chi connectivity index (χ1v) is 7.05. The Labute approximate surface area is 148 Å². The first kappa shape index (κ1) is 26.7. The van der Waals surface area contributed by atoms with Gasteiger partial charge in [-0.1, -0.05) is 41.5 Å². The predicted octanol–water partition coefficient (Wildman–Crippen LogP) is 0.261. The summed E-state index contributed by atoms with van der Waals surface area (Å²) in [5.74, 6) is -3.12. The Balaban J connectivity index is -0.000000333. The van der Waals surface area contributed by atoms with Crippen LogP contribution in [-0.2, 0) is 36.2 Å². The Morgan fingerprint density at radius 2 is 0.870 bits per heavy atom. The summed E-state index contributed by atoms with van der Waals surface area (Å²) in [6.07, 6.45) is -0.337. The molecule has 0 aliphatic rings. The Kier molecular flexibility index (Phi) is 13.2. The molecule has 0 aliphatic heterocycles. The molecule has 0 rings (SSSR count). The van der Waals surface area contributed by atoms with E-state index in [0.717, 1.165) is 0 Å². The number of hydrogen-bond donors (Lipinski definition) is 0. The van der Waals surface area contributed by atoms with Gasteiger partial charge in [-0.15, -0.1) is 0 Å². The van der Waals surface area contributed by atoms with E-state index in [9.17, 15) is 29.4 Å². The van der Waals surface area contributed by atoms with Crippen molar-refractivity contribution in [3.63, 3.8) is 0 Å². The summed E-state index contributed by atoms with van der Waals surface area (Å²) in [6, 6.07) is 0. The van der Waals surface area contributed by atoms with Gasteiger partial charge >= 0.3 is 17.1 Å². The van der Waals surface area contributed by atoms with E-state index in [1.54, 1.807) is 0 Å². The summed E-state index contributed by atoms with van der Waals surface area (Å²) in [5, 5.41) is 19.9. The average Bonchev–Trinajstić information content (AvgIpc) is 2.07. The van der Waals surface area contributed by atoms with E-state index in [1.165, 1.54) is 0 Å². The summed E-state index contributed by atoms with van der Waals surface area (Å²) in [5.41, 5.74) is -0.265. The van der Waals surface area contributed by atoms with Crippen LogP contribution in [0.1, 0.15) is 67.2 Å². The van der Waals surface area contributed by atoms with Crippen LogP contribution in [0.4, 0.5) is 0 Å². The van der Waals surface area contributed by atoms with Gasteiger partial charge in [-0.05, 0) is 10.8 Å². The van der Waals surface area contributed by atoms with Crippen LogP contribution in [0.2, 0.25) is 0 Å². The average molecular weight is 370 g/mol. The second-order valence-electron chi connectivity index (χ2n) is 7.65. The zero-order chi connectivity index (χ0) is 18.1. The fraction of sp³-hybridized carbons (Fsp3) is 0.750. The number of Topliss-reactive ketones (excluding diaryl/α,β-unsaturated/α-hetero) is 2. The molecular formula is C16H26FeO6. The minimum Gasteiger partial charge on any atom is -0.550 e. The third-order valence-corrected chi connectivity index (χ3v) is 2.14. The predicted molar refractivity (Wildman–Crippen MR) is 77.4 cm³/mol. The van der Waals surface area contributed by atoms with Gasteiger partial charge in [0.2, 0.25) is 0 Å². The number of aliphatic carboxylic acids is 2. The van der Waals surface area contributed by atoms with Crippen LogP contribution >= 0.6 is 0 Å². The van der Waals surface area contributed by atoms with Gasteiger partial charge in [-0.25, -0.2) is 0 Å². The fourth-order valence-electron chi connectivity index (χ4n) is 1.63. The fourth-order valence-corrected chi connectivity index (χ4v) is 1.63. The summed E-state index contributed by atoms with van der Waals surface area (Å²) in [7, 11) is 0. The van der Waals surface area contributed by atoms with Crippen molar-refractivity contribution in [3.05, 3.63) is 0 Å². The van der Waals surface area contributed by atoms with Crippen molar-refractivity contribution >= 4 is 23.5 Å². The number of carboxylic acid groups (broad SMARTS) is 2. The molecule has 134 valence electrons. The van der Waals surface area contributed by atoms with Crippen LogP contribution in [0, 0.1) is 10.8 Å². The zero-order valence-corrected chi connectivity index (χ0v) is 15.7. The summed E-state index contributed by atoms with van der Waals surface area (Å²) in [4.78, 5) is 41.6. The molecule has 0 aromatic rings. The second-order valence-corrected chi connectivity index (χ2v) is 7.65. The molecule has 0 aromatic carbocycles. The van der Waals surface area contributed by atoms with Crippen LogP contribution in [0.5, 0.6) is 0 Å². The van der Waals surface area contributed by atoms with Crippen LogP contribution in [0.15, 0.2) is 0 Å². The molecule has 0 heterocycles. The van der Waals surface area contributed by atoms with E-state index in [-0.39, 0.29) is 39.5 Å². The molecule has 0 fully saturated rings. The van der Waals surface area contributed by atoms with Crippen molar-refractivity contribution in [2.24, 2.45) is 10.8 Å². The molecule has 0 bridgehead atoms. The summed E-state index contributed by atoms with van der Waals surface area (Å²) >= 11 is 0. The first-order valence-electron chi connectivity index (χ1n) is 7.05. The normalized spacial score (nSPS) is 10.7. The molecule has 23 heavy (non-hydrogen) atoms. The van der Waals surface area contributed by atoms with Gasteiger partial charge in [0.1, 0.15) is 11.6 Å². The van der Waals surface area contributed by atoms with Gasteiger partial charge < -0.3 is 19.8 Å². The summed E-state index contributed by atoms with van der Waals surface area (Å²) in [6.45, 7) is 11.3. The number of hydrogen-bond acceptors (Lipinski definition) is 6. The monoisotopic (exact) mass is 370 g/mol. The third kappa shape index (κ3) is 26.0. The number of carboxylic acids is 2. The van der Waals surface area contributed by atoms with Gasteiger partial charge in [0, 0.05) is 37.6 Å². The first-order chi connectivity index (χ1) is 9.62. The van der Waals surface area contributed by atoms with Gasteiger partial charge in [0.05, 0.1) is 0 Å². The van der Waals surface area contributed by atoms with Crippen LogP contribution in [-0.4, -0.2) is 23.5 Å². The standard InChI is InChI=1S/2C8H14O3.Fe/c2*1-8(2,3)5-6(9)4-7(10)11;/h2*4-5H2,1-3H3,(H,10,11);/q;;+2/p-2. The van der Waals surface area contributed by atoms with Gasteiger partial charge in [-0.2, -0.15) is 0 Å². The summed E-state index contributed by atoms with van der Waals surface area (Å²) < 4.78 is 0. The topological polar surface area (TPSA) is 114 Å². The number of carbonyl (C=O) groups excluding carboxylic acids is 4. The maximum Gasteiger partial charge on any atom is 2.00 e. The molecule has 0 atom stereocenters. The van der Waals surface area contributed by atoms with E-state index in [0.29, 0.717) is 12.8 Å². The number of ketones is 2. The minimum absolute atomic E-state index is 0. The Morgan fingerprint density at radius 1 is 0.652 bits per heavy atom. The maximum absolute atomic E-state index is 10.8. The van der Waals surface area contributed by atoms with Crippen LogP contribution in [0.3, 0.4) is 0 Å². The molecule has 0 aliphatic carbocycles. The smallest absolute Gasteiger partial charge is 0.550 e. The number of carbonyl (C=O) groups is 4. The molecule has 0 saturated carbocycles. The molecule has 0 radical (unpaired) electrons. The van der Waals surface area contributed by atoms with E-state index < -0.39 is 24.8 Å². The largest absolute Gasteiger partial charge is 2.00 e. The van der Waals surface area contributed by atoms with Crippen molar-refractivity contribution in [1.82, 2.24) is 0 Å². The molecule has 0 saturated heterocycles. The SMILES string of the molecule is CC(C)(C)CC(=O)CC(=O)[O-].CC(C)(C)CC(=O)CC(=O)[O-].[Fe+2]. The molecule has 0 spiro atoms. The third-order valence-electron chi connectivity index (χ3n) is 2.14. The minimum atomic E-state index is -1.29. The van der Waals surface area contributed by atoms with Crippen molar-refractivity contribution in [3.8, 4) is 0 Å². The number of rotatable bonds is 6. The van der Waals surface area contributed by atoms with E-state index in [1.807, 2.05) is 41.5 Å². The van der Waals surface area contributed by atoms with Gasteiger partial charge in [0.25, 0.3) is 0 Å². The Hall–Kier alpha value is -1.20. The van der Waals surface area contributed by atoms with E-state index >= 15 is 0 Å². The molecule has 0 aromatic heterocycles. The quantitative estimate of drug-likeness (QED) is 0.489. The Bertz CT molecular complexity index is 375. The molecular weight excluding hydrogens is 344 g/mol. The Morgan fingerprint density at radius 3 is 1.00 bits per heavy atom. The molecule has 0 amide bonds. The van der Waals surface area contributed by atoms with Gasteiger partial charge in [-0.3, -0.25) is 9.59 Å². The van der Waals surface area contributed by atoms with Crippen molar-refractivity contribution in [1.29, 1.82) is 0 Å². The molecule has 0 unspecified atom stereocenters. The maximum atomic E-state index is 10.8. The molecule has 0 N–H and O–H groups in total.